The van der Waals surface area contributed by atoms with Crippen LogP contribution in [0.15, 0.2) is 54.1 Å². The molecule has 2 atom stereocenters. The molecule has 96 valence electrons. The molecule has 0 saturated carbocycles. The summed E-state index contributed by atoms with van der Waals surface area (Å²) in [6.45, 7) is 2.00. The lowest BCUT2D eigenvalue weighted by Gasteiger charge is -2.21. The molecule has 1 N–H and O–H groups in total. The highest BCUT2D eigenvalue weighted by Crippen LogP contribution is 2.32. The first-order valence-electron chi connectivity index (χ1n) is 6.90. The summed E-state index contributed by atoms with van der Waals surface area (Å²) in [5, 5.41) is 9.50. The summed E-state index contributed by atoms with van der Waals surface area (Å²) in [6.07, 6.45) is 10.3. The maximum absolute atomic E-state index is 9.50. The predicted octanol–water partition coefficient (Wildman–Crippen LogP) is 4.21. The van der Waals surface area contributed by atoms with E-state index < -0.39 is 0 Å². The van der Waals surface area contributed by atoms with Gasteiger partial charge in [0.1, 0.15) is 0 Å². The number of aliphatic hydroxyl groups excluding tert-OH is 1. The van der Waals surface area contributed by atoms with E-state index in [1.54, 1.807) is 0 Å². The second kappa shape index (κ2) is 6.55. The second-order valence-corrected chi connectivity index (χ2v) is 5.00. The molecule has 0 spiro atoms. The molecule has 1 nitrogen and oxygen atoms in total. The Labute approximate surface area is 110 Å². The molecular weight excluding hydrogens is 220 g/mol. The van der Waals surface area contributed by atoms with E-state index in [0.717, 1.165) is 19.3 Å². The van der Waals surface area contributed by atoms with Gasteiger partial charge < -0.3 is 5.11 Å². The zero-order chi connectivity index (χ0) is 12.8. The fourth-order valence-corrected chi connectivity index (χ4v) is 2.40. The van der Waals surface area contributed by atoms with Gasteiger partial charge >= 0.3 is 0 Å². The van der Waals surface area contributed by atoms with Crippen LogP contribution in [0.3, 0.4) is 0 Å². The lowest BCUT2D eigenvalue weighted by molar-refractivity contribution is 0.219. The van der Waals surface area contributed by atoms with Gasteiger partial charge in [-0.05, 0) is 37.2 Å². The molecule has 1 aromatic carbocycles. The lowest BCUT2D eigenvalue weighted by Crippen LogP contribution is -2.04. The van der Waals surface area contributed by atoms with Gasteiger partial charge in [-0.3, -0.25) is 0 Å². The van der Waals surface area contributed by atoms with E-state index in [0.29, 0.717) is 5.92 Å². The van der Waals surface area contributed by atoms with E-state index in [4.69, 9.17) is 0 Å². The highest BCUT2D eigenvalue weighted by molar-refractivity contribution is 5.27. The minimum atomic E-state index is -0.294. The van der Waals surface area contributed by atoms with E-state index in [1.807, 2.05) is 13.0 Å². The van der Waals surface area contributed by atoms with Crippen molar-refractivity contribution in [2.24, 2.45) is 0 Å². The Bertz CT molecular complexity index is 416. The van der Waals surface area contributed by atoms with E-state index >= 15 is 0 Å². The zero-order valence-electron chi connectivity index (χ0n) is 11.0. The van der Waals surface area contributed by atoms with Crippen molar-refractivity contribution in [2.45, 2.75) is 44.6 Å². The average molecular weight is 242 g/mol. The standard InChI is InChI=1S/C17H22O/c1-2-17(18)13-10-14-8-11-16(12-9-14)15-6-4-3-5-7-15/h3-8,10,13,16-18H,2,9,11-12H2,1H3/b13-10+. The molecule has 1 aliphatic rings. The fraction of sp³-hybridized carbons (Fsp3) is 0.412. The Kier molecular flexibility index (Phi) is 4.77. The molecule has 1 aromatic rings. The van der Waals surface area contributed by atoms with Crippen molar-refractivity contribution in [3.63, 3.8) is 0 Å². The SMILES string of the molecule is CCC(O)/C=C/C1=CCC(c2ccccc2)CC1. The molecule has 18 heavy (non-hydrogen) atoms. The maximum atomic E-state index is 9.50. The van der Waals surface area contributed by atoms with E-state index in [-0.39, 0.29) is 6.10 Å². The topological polar surface area (TPSA) is 20.2 Å². The number of aliphatic hydroxyl groups is 1. The molecule has 0 aliphatic heterocycles. The fourth-order valence-electron chi connectivity index (χ4n) is 2.40. The van der Waals surface area contributed by atoms with Crippen LogP contribution in [0, 0.1) is 0 Å². The van der Waals surface area contributed by atoms with Crippen LogP contribution in [0.25, 0.3) is 0 Å². The molecule has 0 saturated heterocycles. The van der Waals surface area contributed by atoms with Crippen LogP contribution in [-0.4, -0.2) is 11.2 Å². The van der Waals surface area contributed by atoms with Crippen LogP contribution >= 0.6 is 0 Å². The average Bonchev–Trinajstić information content (AvgIpc) is 2.46. The van der Waals surface area contributed by atoms with Crippen molar-refractivity contribution in [1.29, 1.82) is 0 Å². The Hall–Kier alpha value is -1.34. The van der Waals surface area contributed by atoms with Crippen LogP contribution in [0.2, 0.25) is 0 Å². The maximum Gasteiger partial charge on any atom is 0.0721 e. The van der Waals surface area contributed by atoms with Crippen molar-refractivity contribution in [1.82, 2.24) is 0 Å². The number of benzene rings is 1. The molecule has 2 unspecified atom stereocenters. The molecular formula is C17H22O. The molecule has 0 heterocycles. The summed E-state index contributed by atoms with van der Waals surface area (Å²) >= 11 is 0. The van der Waals surface area contributed by atoms with Crippen LogP contribution in [-0.2, 0) is 0 Å². The van der Waals surface area contributed by atoms with Crippen LogP contribution in [0.4, 0.5) is 0 Å². The second-order valence-electron chi connectivity index (χ2n) is 5.00. The molecule has 1 heteroatoms. The van der Waals surface area contributed by atoms with E-state index in [1.165, 1.54) is 17.6 Å². The third-order valence-electron chi connectivity index (χ3n) is 3.67. The summed E-state index contributed by atoms with van der Waals surface area (Å²) in [4.78, 5) is 0. The smallest absolute Gasteiger partial charge is 0.0721 e. The number of rotatable bonds is 4. The summed E-state index contributed by atoms with van der Waals surface area (Å²) in [7, 11) is 0. The molecule has 0 aromatic heterocycles. The molecule has 0 fully saturated rings. The lowest BCUT2D eigenvalue weighted by atomic mass is 9.84. The van der Waals surface area contributed by atoms with Gasteiger partial charge in [0.25, 0.3) is 0 Å². The van der Waals surface area contributed by atoms with Gasteiger partial charge in [0.2, 0.25) is 0 Å². The summed E-state index contributed by atoms with van der Waals surface area (Å²) in [5.74, 6) is 0.666. The molecule has 2 rings (SSSR count). The summed E-state index contributed by atoms with van der Waals surface area (Å²) in [6, 6.07) is 10.8. The number of allylic oxidation sites excluding steroid dienone is 3. The van der Waals surface area contributed by atoms with Crippen molar-refractivity contribution >= 4 is 0 Å². The van der Waals surface area contributed by atoms with Crippen molar-refractivity contribution < 1.29 is 5.11 Å². The first-order chi connectivity index (χ1) is 8.79. The molecule has 1 aliphatic carbocycles. The summed E-state index contributed by atoms with van der Waals surface area (Å²) in [5.41, 5.74) is 2.82. The number of hydrogen-bond acceptors (Lipinski definition) is 1. The van der Waals surface area contributed by atoms with Gasteiger partial charge in [-0.2, -0.15) is 0 Å². The van der Waals surface area contributed by atoms with Crippen LogP contribution < -0.4 is 0 Å². The van der Waals surface area contributed by atoms with Crippen molar-refractivity contribution in [2.75, 3.05) is 0 Å². The van der Waals surface area contributed by atoms with Gasteiger partial charge in [0, 0.05) is 0 Å². The number of hydrogen-bond donors (Lipinski definition) is 1. The van der Waals surface area contributed by atoms with Crippen LogP contribution in [0.5, 0.6) is 0 Å². The van der Waals surface area contributed by atoms with E-state index in [9.17, 15) is 5.11 Å². The van der Waals surface area contributed by atoms with Crippen molar-refractivity contribution in [3.8, 4) is 0 Å². The normalized spacial score (nSPS) is 21.9. The molecule has 0 radical (unpaired) electrons. The third kappa shape index (κ3) is 3.58. The Morgan fingerprint density at radius 3 is 2.72 bits per heavy atom. The van der Waals surface area contributed by atoms with Gasteiger partial charge in [-0.1, -0.05) is 61.1 Å². The molecule has 0 amide bonds. The monoisotopic (exact) mass is 242 g/mol. The highest BCUT2D eigenvalue weighted by atomic mass is 16.3. The van der Waals surface area contributed by atoms with Gasteiger partial charge in [-0.25, -0.2) is 0 Å². The van der Waals surface area contributed by atoms with Gasteiger partial charge in [-0.15, -0.1) is 0 Å². The highest BCUT2D eigenvalue weighted by Gasteiger charge is 2.14. The van der Waals surface area contributed by atoms with Gasteiger partial charge in [0.05, 0.1) is 6.10 Å². The minimum Gasteiger partial charge on any atom is -0.389 e. The van der Waals surface area contributed by atoms with Crippen molar-refractivity contribution in [3.05, 3.63) is 59.7 Å². The largest absolute Gasteiger partial charge is 0.389 e. The molecule has 0 bridgehead atoms. The summed E-state index contributed by atoms with van der Waals surface area (Å²) < 4.78 is 0. The Morgan fingerprint density at radius 2 is 2.11 bits per heavy atom. The zero-order valence-corrected chi connectivity index (χ0v) is 11.0. The Morgan fingerprint density at radius 1 is 1.33 bits per heavy atom. The third-order valence-corrected chi connectivity index (χ3v) is 3.67. The van der Waals surface area contributed by atoms with Crippen LogP contribution in [0.1, 0.15) is 44.1 Å². The quantitative estimate of drug-likeness (QED) is 0.838. The van der Waals surface area contributed by atoms with E-state index in [2.05, 4.69) is 42.5 Å². The predicted molar refractivity (Wildman–Crippen MR) is 76.6 cm³/mol. The minimum absolute atomic E-state index is 0.294. The van der Waals surface area contributed by atoms with Gasteiger partial charge in [0.15, 0.2) is 0 Å². The Balaban J connectivity index is 1.94. The first-order valence-corrected chi connectivity index (χ1v) is 6.90. The first kappa shape index (κ1) is 13.1.